The fourth-order valence-corrected chi connectivity index (χ4v) is 3.24. The van der Waals surface area contributed by atoms with Gasteiger partial charge in [-0.25, -0.2) is 4.39 Å². The van der Waals surface area contributed by atoms with Gasteiger partial charge in [0.25, 0.3) is 0 Å². The van der Waals surface area contributed by atoms with Crippen LogP contribution in [-0.2, 0) is 16.0 Å². The standard InChI is InChI=1S/C22H25FN2O3/c1-17-4-2-3-5-18(17)16-22(27)24-11-10-21(26)25(13-12-24)14-15-28-20-8-6-19(23)7-9-20/h2-9H,10-16H2,1H3. The van der Waals surface area contributed by atoms with E-state index in [2.05, 4.69) is 0 Å². The Bertz CT molecular complexity index is 823. The Morgan fingerprint density at radius 1 is 1.07 bits per heavy atom. The molecule has 148 valence electrons. The van der Waals surface area contributed by atoms with E-state index >= 15 is 0 Å². The Labute approximate surface area is 164 Å². The monoisotopic (exact) mass is 384 g/mol. The van der Waals surface area contributed by atoms with E-state index in [0.29, 0.717) is 51.4 Å². The van der Waals surface area contributed by atoms with Crippen LogP contribution in [0.1, 0.15) is 17.5 Å². The maximum atomic E-state index is 12.9. The zero-order valence-corrected chi connectivity index (χ0v) is 16.1. The van der Waals surface area contributed by atoms with E-state index in [4.69, 9.17) is 4.74 Å². The number of aryl methyl sites for hydroxylation is 1. The highest BCUT2D eigenvalue weighted by Gasteiger charge is 2.24. The van der Waals surface area contributed by atoms with Crippen molar-refractivity contribution >= 4 is 11.8 Å². The Kier molecular flexibility index (Phi) is 6.63. The molecule has 0 aromatic heterocycles. The van der Waals surface area contributed by atoms with Gasteiger partial charge in [0.2, 0.25) is 11.8 Å². The lowest BCUT2D eigenvalue weighted by atomic mass is 10.1. The van der Waals surface area contributed by atoms with Gasteiger partial charge in [0.05, 0.1) is 13.0 Å². The second-order valence-electron chi connectivity index (χ2n) is 6.92. The van der Waals surface area contributed by atoms with Gasteiger partial charge in [-0.15, -0.1) is 0 Å². The zero-order chi connectivity index (χ0) is 19.9. The van der Waals surface area contributed by atoms with E-state index < -0.39 is 0 Å². The molecule has 0 spiro atoms. The summed E-state index contributed by atoms with van der Waals surface area (Å²) in [5.41, 5.74) is 2.12. The van der Waals surface area contributed by atoms with Crippen LogP contribution in [0.5, 0.6) is 5.75 Å². The summed E-state index contributed by atoms with van der Waals surface area (Å²) in [6.07, 6.45) is 0.671. The van der Waals surface area contributed by atoms with Gasteiger partial charge in [-0.05, 0) is 42.3 Å². The summed E-state index contributed by atoms with van der Waals surface area (Å²) >= 11 is 0. The van der Waals surface area contributed by atoms with Crippen LogP contribution >= 0.6 is 0 Å². The predicted molar refractivity (Wildman–Crippen MR) is 105 cm³/mol. The molecule has 28 heavy (non-hydrogen) atoms. The summed E-state index contributed by atoms with van der Waals surface area (Å²) in [5.74, 6) is 0.324. The van der Waals surface area contributed by atoms with Crippen molar-refractivity contribution < 1.29 is 18.7 Å². The third-order valence-electron chi connectivity index (χ3n) is 4.99. The number of hydrogen-bond donors (Lipinski definition) is 0. The van der Waals surface area contributed by atoms with Crippen LogP contribution in [0.25, 0.3) is 0 Å². The second-order valence-corrected chi connectivity index (χ2v) is 6.92. The number of nitrogens with zero attached hydrogens (tertiary/aromatic N) is 2. The molecule has 1 saturated heterocycles. The molecule has 5 nitrogen and oxygen atoms in total. The molecule has 6 heteroatoms. The molecule has 0 bridgehead atoms. The van der Waals surface area contributed by atoms with Crippen LogP contribution in [0, 0.1) is 12.7 Å². The molecule has 1 aliphatic rings. The van der Waals surface area contributed by atoms with Crippen molar-refractivity contribution in [2.24, 2.45) is 0 Å². The third-order valence-corrected chi connectivity index (χ3v) is 4.99. The largest absolute Gasteiger partial charge is 0.492 e. The lowest BCUT2D eigenvalue weighted by molar-refractivity contribution is -0.130. The van der Waals surface area contributed by atoms with Crippen LogP contribution in [0.2, 0.25) is 0 Å². The molecular formula is C22H25FN2O3. The average Bonchev–Trinajstić information content (AvgIpc) is 2.87. The number of carbonyl (C=O) groups is 2. The van der Waals surface area contributed by atoms with Crippen molar-refractivity contribution in [3.8, 4) is 5.75 Å². The topological polar surface area (TPSA) is 49.9 Å². The molecule has 2 aromatic rings. The van der Waals surface area contributed by atoms with E-state index in [0.717, 1.165) is 11.1 Å². The lowest BCUT2D eigenvalue weighted by Gasteiger charge is -2.22. The molecule has 0 aliphatic carbocycles. The minimum Gasteiger partial charge on any atom is -0.492 e. The quantitative estimate of drug-likeness (QED) is 0.770. The first-order valence-electron chi connectivity index (χ1n) is 9.51. The minimum absolute atomic E-state index is 0.0221. The van der Waals surface area contributed by atoms with Crippen LogP contribution in [0.15, 0.2) is 48.5 Å². The van der Waals surface area contributed by atoms with Gasteiger partial charge in [0, 0.05) is 26.1 Å². The van der Waals surface area contributed by atoms with Crippen molar-refractivity contribution in [3.05, 3.63) is 65.5 Å². The summed E-state index contributed by atoms with van der Waals surface area (Å²) in [6.45, 7) is 4.22. The number of ether oxygens (including phenoxy) is 1. The number of hydrogen-bond acceptors (Lipinski definition) is 3. The van der Waals surface area contributed by atoms with Crippen molar-refractivity contribution in [3.63, 3.8) is 0 Å². The van der Waals surface area contributed by atoms with Crippen LogP contribution in [0.4, 0.5) is 4.39 Å². The van der Waals surface area contributed by atoms with Crippen molar-refractivity contribution in [2.45, 2.75) is 19.8 Å². The highest BCUT2D eigenvalue weighted by atomic mass is 19.1. The fourth-order valence-electron chi connectivity index (χ4n) is 3.24. The first-order chi connectivity index (χ1) is 13.5. The number of amides is 2. The first-order valence-corrected chi connectivity index (χ1v) is 9.51. The number of carbonyl (C=O) groups excluding carboxylic acids is 2. The fraction of sp³-hybridized carbons (Fsp3) is 0.364. The van der Waals surface area contributed by atoms with Gasteiger partial charge in [0.15, 0.2) is 0 Å². The third kappa shape index (κ3) is 5.31. The number of rotatable bonds is 6. The van der Waals surface area contributed by atoms with E-state index in [1.165, 1.54) is 12.1 Å². The van der Waals surface area contributed by atoms with Crippen LogP contribution < -0.4 is 4.74 Å². The molecule has 0 saturated carbocycles. The first kappa shape index (κ1) is 19.9. The molecule has 1 aliphatic heterocycles. The van der Waals surface area contributed by atoms with Crippen molar-refractivity contribution in [1.29, 1.82) is 0 Å². The number of benzene rings is 2. The summed E-state index contributed by atoms with van der Waals surface area (Å²) < 4.78 is 18.5. The van der Waals surface area contributed by atoms with E-state index in [1.807, 2.05) is 31.2 Å². The van der Waals surface area contributed by atoms with E-state index in [1.54, 1.807) is 21.9 Å². The second kappa shape index (κ2) is 9.35. The van der Waals surface area contributed by atoms with Crippen LogP contribution in [0.3, 0.4) is 0 Å². The van der Waals surface area contributed by atoms with Gasteiger partial charge >= 0.3 is 0 Å². The molecular weight excluding hydrogens is 359 g/mol. The minimum atomic E-state index is -0.314. The van der Waals surface area contributed by atoms with Crippen molar-refractivity contribution in [1.82, 2.24) is 9.80 Å². The summed E-state index contributed by atoms with van der Waals surface area (Å²) in [5, 5.41) is 0. The Balaban J connectivity index is 1.49. The highest BCUT2D eigenvalue weighted by Crippen LogP contribution is 2.13. The Hall–Kier alpha value is -2.89. The van der Waals surface area contributed by atoms with Gasteiger partial charge in [-0.3, -0.25) is 9.59 Å². The van der Waals surface area contributed by atoms with E-state index in [-0.39, 0.29) is 17.6 Å². The highest BCUT2D eigenvalue weighted by molar-refractivity contribution is 5.81. The molecule has 1 fully saturated rings. The maximum absolute atomic E-state index is 12.9. The number of halogens is 1. The Morgan fingerprint density at radius 2 is 1.82 bits per heavy atom. The molecule has 2 amide bonds. The molecule has 1 heterocycles. The molecule has 0 N–H and O–H groups in total. The molecule has 3 rings (SSSR count). The van der Waals surface area contributed by atoms with E-state index in [9.17, 15) is 14.0 Å². The Morgan fingerprint density at radius 3 is 2.57 bits per heavy atom. The molecule has 0 atom stereocenters. The van der Waals surface area contributed by atoms with Gasteiger partial charge in [0.1, 0.15) is 18.2 Å². The van der Waals surface area contributed by atoms with Gasteiger partial charge in [-0.1, -0.05) is 24.3 Å². The lowest BCUT2D eigenvalue weighted by Crippen LogP contribution is -2.38. The van der Waals surface area contributed by atoms with Gasteiger partial charge in [-0.2, -0.15) is 0 Å². The average molecular weight is 384 g/mol. The zero-order valence-electron chi connectivity index (χ0n) is 16.1. The summed E-state index contributed by atoms with van der Waals surface area (Å²) in [4.78, 5) is 28.5. The van der Waals surface area contributed by atoms with Crippen molar-refractivity contribution in [2.75, 3.05) is 32.8 Å². The molecule has 0 unspecified atom stereocenters. The van der Waals surface area contributed by atoms with Crippen LogP contribution in [-0.4, -0.2) is 54.4 Å². The maximum Gasteiger partial charge on any atom is 0.227 e. The smallest absolute Gasteiger partial charge is 0.227 e. The molecule has 0 radical (unpaired) electrons. The summed E-state index contributed by atoms with van der Waals surface area (Å²) in [7, 11) is 0. The predicted octanol–water partition coefficient (Wildman–Crippen LogP) is 2.82. The summed E-state index contributed by atoms with van der Waals surface area (Å²) in [6, 6.07) is 13.7. The normalized spacial score (nSPS) is 14.7. The van der Waals surface area contributed by atoms with Gasteiger partial charge < -0.3 is 14.5 Å². The SMILES string of the molecule is Cc1ccccc1CC(=O)N1CCC(=O)N(CCOc2ccc(F)cc2)CC1. The molecule has 2 aromatic carbocycles.